The molecule has 1 aromatic heterocycles. The van der Waals surface area contributed by atoms with Gasteiger partial charge in [-0.2, -0.15) is 5.26 Å². The van der Waals surface area contributed by atoms with E-state index < -0.39 is 46.9 Å². The molecule has 8 heterocycles. The normalized spacial score (nSPS) is 28.8. The summed E-state index contributed by atoms with van der Waals surface area (Å²) in [5.74, 6) is 1.50. The number of hydrogen-bond acceptors (Lipinski definition) is 14. The lowest BCUT2D eigenvalue weighted by Gasteiger charge is -2.62. The van der Waals surface area contributed by atoms with Gasteiger partial charge in [0.05, 0.1) is 30.5 Å². The number of carbonyl (C=O) groups is 2. The van der Waals surface area contributed by atoms with Crippen LogP contribution in [0, 0.1) is 32.1 Å². The van der Waals surface area contributed by atoms with E-state index in [1.807, 2.05) is 40.0 Å². The van der Waals surface area contributed by atoms with E-state index in [1.54, 1.807) is 7.11 Å². The van der Waals surface area contributed by atoms with Crippen LogP contribution in [0.1, 0.15) is 74.5 Å². The number of nitriles is 1. The summed E-state index contributed by atoms with van der Waals surface area (Å²) < 4.78 is 37.3. The number of likely N-dealkylation sites (N-methyl/N-ethyl adjacent to an activating group) is 1. The minimum Gasteiger partial charge on any atom is -0.504 e. The second kappa shape index (κ2) is 12.5. The van der Waals surface area contributed by atoms with Gasteiger partial charge in [-0.05, 0) is 63.9 Å². The number of esters is 2. The first kappa shape index (κ1) is 35.5. The number of phenols is 1. The Morgan fingerprint density at radius 2 is 1.91 bits per heavy atom. The molecule has 0 aliphatic carbocycles. The van der Waals surface area contributed by atoms with Gasteiger partial charge in [0.2, 0.25) is 6.79 Å². The number of furan rings is 1. The minimum absolute atomic E-state index is 0.0444. The second-order valence-corrected chi connectivity index (χ2v) is 16.9. The summed E-state index contributed by atoms with van der Waals surface area (Å²) >= 11 is 1.52. The number of aromatic hydroxyl groups is 1. The highest BCUT2D eigenvalue weighted by atomic mass is 32.2. The van der Waals surface area contributed by atoms with Crippen molar-refractivity contribution < 1.29 is 42.8 Å². The standard InChI is InChI=1S/C42H42N4O9S/c1-18-7-8-28-24(11-18)23-9-10-44-42(40(23)55-28)16-56-39-31-30(38-37(52-17-53-38)20(3)36(31)54-21(4)47)27(15-51-41(42)49)46-26(14-43)25-13-22-12-19(2)35(50-6)34(48)29(22)32(33(39)46)45(25)5/h7-8,11-12,25-27,32-33,39,44,48H,9-10,13,15-17H2,1-6H3/t25-,26-,27-,32-,33+,39+,42+/m0/s1. The first-order valence-electron chi connectivity index (χ1n) is 19.0. The third-order valence-electron chi connectivity index (χ3n) is 12.9. The molecule has 2 saturated heterocycles. The molecule has 1 spiro atoms. The number of nitrogens with one attached hydrogen (secondary N) is 1. The summed E-state index contributed by atoms with van der Waals surface area (Å²) in [7, 11) is 3.56. The van der Waals surface area contributed by atoms with E-state index in [4.69, 9.17) is 28.1 Å². The van der Waals surface area contributed by atoms with Crippen molar-refractivity contribution in [2.24, 2.45) is 0 Å². The molecule has 7 atom stereocenters. The van der Waals surface area contributed by atoms with Gasteiger partial charge in [0.25, 0.3) is 0 Å². The Labute approximate surface area is 327 Å². The van der Waals surface area contributed by atoms with Crippen LogP contribution in [-0.2, 0) is 32.7 Å². The van der Waals surface area contributed by atoms with Crippen molar-refractivity contribution in [3.8, 4) is 34.8 Å². The number of fused-ring (bicyclic) bond motifs is 11. The predicted octanol–water partition coefficient (Wildman–Crippen LogP) is 5.33. The molecule has 56 heavy (non-hydrogen) atoms. The molecule has 0 radical (unpaired) electrons. The molecule has 7 aliphatic rings. The maximum Gasteiger partial charge on any atom is 0.335 e. The average molecular weight is 779 g/mol. The lowest BCUT2D eigenvalue weighted by atomic mass is 9.71. The summed E-state index contributed by atoms with van der Waals surface area (Å²) in [6, 6.07) is 8.14. The van der Waals surface area contributed by atoms with E-state index in [9.17, 15) is 20.0 Å². The first-order valence-corrected chi connectivity index (χ1v) is 20.0. The third-order valence-corrected chi connectivity index (χ3v) is 14.4. The van der Waals surface area contributed by atoms with Crippen LogP contribution in [0.3, 0.4) is 0 Å². The number of aryl methyl sites for hydroxylation is 2. The van der Waals surface area contributed by atoms with Crippen LogP contribution in [0.15, 0.2) is 28.7 Å². The van der Waals surface area contributed by atoms with Crippen molar-refractivity contribution in [3.63, 3.8) is 0 Å². The molecule has 4 aromatic rings. The highest BCUT2D eigenvalue weighted by Gasteiger charge is 2.62. The Hall–Kier alpha value is -4.94. The van der Waals surface area contributed by atoms with E-state index in [0.717, 1.165) is 38.8 Å². The van der Waals surface area contributed by atoms with Gasteiger partial charge in [-0.1, -0.05) is 17.7 Å². The van der Waals surface area contributed by atoms with Crippen LogP contribution in [-0.4, -0.2) is 84.8 Å². The summed E-state index contributed by atoms with van der Waals surface area (Å²) in [4.78, 5) is 32.2. The fraction of sp³-hybridized carbons (Fsp3) is 0.452. The zero-order valence-corrected chi connectivity index (χ0v) is 32.8. The molecule has 7 aliphatic heterocycles. The SMILES string of the molecule is COc1c(C)cc2c(c1O)[C@H]1[C@@H]3[C@@H]4SC[C@]5(NCCc6c5oc5ccc(C)cc65)C(=O)OC[C@@H](c5c6c(c(C)c(OC(C)=O)c54)OCO6)N3[C@@H](C#N)[C@H](C2)N1C. The molecular formula is C42H42N4O9S. The van der Waals surface area contributed by atoms with E-state index in [2.05, 4.69) is 33.3 Å². The number of benzene rings is 3. The zero-order chi connectivity index (χ0) is 38.9. The van der Waals surface area contributed by atoms with Gasteiger partial charge in [-0.25, -0.2) is 4.79 Å². The van der Waals surface area contributed by atoms with Gasteiger partial charge in [-0.15, -0.1) is 11.8 Å². The molecule has 11 rings (SSSR count). The smallest absolute Gasteiger partial charge is 0.335 e. The number of methoxy groups -OCH3 is 1. The Morgan fingerprint density at radius 3 is 2.68 bits per heavy atom. The highest BCUT2D eigenvalue weighted by Crippen LogP contribution is 2.64. The lowest BCUT2D eigenvalue weighted by molar-refractivity contribution is -0.158. The molecule has 2 fully saturated rings. The number of phenolic OH excluding ortho intramolecular Hbond substituents is 1. The van der Waals surface area contributed by atoms with Crippen LogP contribution in [0.5, 0.6) is 28.7 Å². The highest BCUT2D eigenvalue weighted by molar-refractivity contribution is 7.99. The Balaban J connectivity index is 1.25. The maximum absolute atomic E-state index is 14.9. The summed E-state index contributed by atoms with van der Waals surface area (Å²) in [5, 5.41) is 27.2. The molecule has 0 unspecified atom stereocenters. The largest absolute Gasteiger partial charge is 0.504 e. The summed E-state index contributed by atoms with van der Waals surface area (Å²) in [6.45, 7) is 7.50. The van der Waals surface area contributed by atoms with Gasteiger partial charge < -0.3 is 33.2 Å². The monoisotopic (exact) mass is 778 g/mol. The average Bonchev–Trinajstić information content (AvgIpc) is 3.81. The molecule has 0 saturated carbocycles. The maximum atomic E-state index is 14.9. The topological polar surface area (TPSA) is 156 Å². The molecule has 0 amide bonds. The quantitative estimate of drug-likeness (QED) is 0.199. The van der Waals surface area contributed by atoms with E-state index in [0.29, 0.717) is 64.9 Å². The van der Waals surface area contributed by atoms with Crippen LogP contribution in [0.2, 0.25) is 0 Å². The molecule has 290 valence electrons. The molecule has 4 bridgehead atoms. The van der Waals surface area contributed by atoms with Gasteiger partial charge in [0.1, 0.15) is 29.7 Å². The number of carbonyl (C=O) groups excluding carboxylic acids is 2. The molecule has 14 heteroatoms. The van der Waals surface area contributed by atoms with E-state index in [1.165, 1.54) is 18.7 Å². The number of nitrogens with zero attached hydrogens (tertiary/aromatic N) is 3. The summed E-state index contributed by atoms with van der Waals surface area (Å²) in [6.07, 6.45) is 1.18. The van der Waals surface area contributed by atoms with E-state index >= 15 is 0 Å². The van der Waals surface area contributed by atoms with Crippen molar-refractivity contribution in [3.05, 3.63) is 74.5 Å². The van der Waals surface area contributed by atoms with Gasteiger partial charge in [-0.3, -0.25) is 19.9 Å². The summed E-state index contributed by atoms with van der Waals surface area (Å²) in [5.41, 5.74) is 5.90. The van der Waals surface area contributed by atoms with E-state index in [-0.39, 0.29) is 30.9 Å². The zero-order valence-electron chi connectivity index (χ0n) is 32.0. The van der Waals surface area contributed by atoms with Crippen molar-refractivity contribution in [1.82, 2.24) is 15.1 Å². The van der Waals surface area contributed by atoms with Gasteiger partial charge in [0.15, 0.2) is 28.5 Å². The Bertz CT molecular complexity index is 2440. The van der Waals surface area contributed by atoms with Crippen LogP contribution < -0.4 is 24.3 Å². The second-order valence-electron chi connectivity index (χ2n) is 15.8. The minimum atomic E-state index is -1.36. The van der Waals surface area contributed by atoms with Crippen LogP contribution in [0.4, 0.5) is 0 Å². The van der Waals surface area contributed by atoms with Gasteiger partial charge in [0, 0.05) is 64.5 Å². The molecular weight excluding hydrogens is 737 g/mol. The Kier molecular flexibility index (Phi) is 7.94. The van der Waals surface area contributed by atoms with Crippen molar-refractivity contribution in [1.29, 1.82) is 5.26 Å². The number of hydrogen-bond donors (Lipinski definition) is 2. The number of thioether (sulfide) groups is 1. The number of ether oxygens (including phenoxy) is 5. The molecule has 2 N–H and O–H groups in total. The van der Waals surface area contributed by atoms with Crippen molar-refractivity contribution in [2.45, 2.75) is 81.5 Å². The molecule has 3 aromatic carbocycles. The predicted molar refractivity (Wildman–Crippen MR) is 204 cm³/mol. The number of rotatable bonds is 2. The number of piperazine rings is 1. The molecule has 13 nitrogen and oxygen atoms in total. The fourth-order valence-corrected chi connectivity index (χ4v) is 12.3. The van der Waals surface area contributed by atoms with Gasteiger partial charge >= 0.3 is 11.9 Å². The van der Waals surface area contributed by atoms with Crippen molar-refractivity contribution in [2.75, 3.05) is 39.9 Å². The first-order chi connectivity index (χ1) is 27.0. The fourth-order valence-electron chi connectivity index (χ4n) is 10.6. The Morgan fingerprint density at radius 1 is 1.11 bits per heavy atom. The van der Waals surface area contributed by atoms with Crippen LogP contribution >= 0.6 is 11.8 Å². The lowest BCUT2D eigenvalue weighted by Crippen LogP contribution is -2.69. The van der Waals surface area contributed by atoms with Crippen molar-refractivity contribution >= 4 is 34.7 Å². The third kappa shape index (κ3) is 4.65. The van der Waals surface area contributed by atoms with Crippen LogP contribution in [0.25, 0.3) is 11.0 Å².